The predicted octanol–water partition coefficient (Wildman–Crippen LogP) is 1.99. The third kappa shape index (κ3) is 2.22. The molecule has 1 aromatic carbocycles. The summed E-state index contributed by atoms with van der Waals surface area (Å²) in [7, 11) is 1.48. The average molecular weight is 297 g/mol. The average Bonchev–Trinajstić information content (AvgIpc) is 2.54. The molecular weight excluding hydrogens is 282 g/mol. The minimum Gasteiger partial charge on any atom is -0.504 e. The van der Waals surface area contributed by atoms with Gasteiger partial charge in [0.1, 0.15) is 17.5 Å². The number of nitrogens with zero attached hydrogens (tertiary/aromatic N) is 2. The Morgan fingerprint density at radius 2 is 2.27 bits per heavy atom. The van der Waals surface area contributed by atoms with Crippen LogP contribution < -0.4 is 10.5 Å². The number of phenolic OH excluding ortho intramolecular Hbond substituents is 1. The van der Waals surface area contributed by atoms with Crippen LogP contribution in [-0.4, -0.2) is 23.8 Å². The van der Waals surface area contributed by atoms with Crippen molar-refractivity contribution >= 4 is 5.82 Å². The third-order valence-corrected chi connectivity index (χ3v) is 3.72. The van der Waals surface area contributed by atoms with Crippen molar-refractivity contribution in [1.29, 1.82) is 5.26 Å². The molecule has 1 aromatic heterocycles. The van der Waals surface area contributed by atoms with Gasteiger partial charge in [0.25, 0.3) is 0 Å². The molecule has 2 aromatic rings. The summed E-state index contributed by atoms with van der Waals surface area (Å²) in [6.07, 6.45) is 0.660. The molecule has 0 bridgehead atoms. The van der Waals surface area contributed by atoms with Crippen LogP contribution in [0, 0.1) is 11.3 Å². The number of fused-ring (bicyclic) bond motifs is 1. The first-order valence-corrected chi connectivity index (χ1v) is 6.82. The van der Waals surface area contributed by atoms with Crippen LogP contribution >= 0.6 is 0 Å². The number of rotatable bonds is 2. The van der Waals surface area contributed by atoms with E-state index < -0.39 is 0 Å². The number of aromatic hydroxyl groups is 1. The molecule has 2 heterocycles. The van der Waals surface area contributed by atoms with Crippen molar-refractivity contribution in [2.45, 2.75) is 13.0 Å². The van der Waals surface area contributed by atoms with Crippen molar-refractivity contribution in [2.24, 2.45) is 0 Å². The number of benzene rings is 1. The molecule has 0 radical (unpaired) electrons. The number of nitrogens with two attached hydrogens (primary N) is 1. The van der Waals surface area contributed by atoms with Gasteiger partial charge in [-0.25, -0.2) is 4.98 Å². The Bertz CT molecular complexity index is 781. The lowest BCUT2D eigenvalue weighted by atomic mass is 9.92. The van der Waals surface area contributed by atoms with Gasteiger partial charge in [0, 0.05) is 17.5 Å². The summed E-state index contributed by atoms with van der Waals surface area (Å²) in [5.41, 5.74) is 9.41. The molecular formula is C16H15N3O3. The van der Waals surface area contributed by atoms with E-state index in [9.17, 15) is 10.4 Å². The van der Waals surface area contributed by atoms with Crippen LogP contribution in [-0.2, 0) is 17.8 Å². The van der Waals surface area contributed by atoms with E-state index >= 15 is 0 Å². The maximum atomic E-state index is 9.75. The standard InChI is InChI=1S/C16H15N3O3/c1-21-14-6-9(2-3-13(14)20)15-10(7-17)16(18)19-12-4-5-22-8-11(12)15/h2-3,6,20H,4-5,8H2,1H3,(H2,18,19). The molecule has 0 fully saturated rings. The summed E-state index contributed by atoms with van der Waals surface area (Å²) >= 11 is 0. The van der Waals surface area contributed by atoms with Crippen LogP contribution in [0.3, 0.4) is 0 Å². The van der Waals surface area contributed by atoms with Gasteiger partial charge in [-0.1, -0.05) is 6.07 Å². The maximum absolute atomic E-state index is 9.75. The Hall–Kier alpha value is -2.78. The summed E-state index contributed by atoms with van der Waals surface area (Å²) in [6.45, 7) is 0.972. The first-order chi connectivity index (χ1) is 10.7. The number of ether oxygens (including phenoxy) is 2. The number of anilines is 1. The highest BCUT2D eigenvalue weighted by Crippen LogP contribution is 2.38. The van der Waals surface area contributed by atoms with Gasteiger partial charge in [-0.3, -0.25) is 0 Å². The molecule has 6 nitrogen and oxygen atoms in total. The van der Waals surface area contributed by atoms with E-state index in [2.05, 4.69) is 11.1 Å². The lowest BCUT2D eigenvalue weighted by molar-refractivity contribution is 0.109. The molecule has 1 aliphatic heterocycles. The number of hydrogen-bond acceptors (Lipinski definition) is 6. The molecule has 3 N–H and O–H groups in total. The number of nitrogen functional groups attached to an aromatic ring is 1. The van der Waals surface area contributed by atoms with Gasteiger partial charge < -0.3 is 20.3 Å². The zero-order valence-corrected chi connectivity index (χ0v) is 12.1. The van der Waals surface area contributed by atoms with Gasteiger partial charge in [-0.05, 0) is 17.7 Å². The van der Waals surface area contributed by atoms with Gasteiger partial charge in [0.15, 0.2) is 11.5 Å². The zero-order chi connectivity index (χ0) is 15.7. The van der Waals surface area contributed by atoms with E-state index in [1.165, 1.54) is 13.2 Å². The van der Waals surface area contributed by atoms with E-state index in [-0.39, 0.29) is 11.6 Å². The van der Waals surface area contributed by atoms with E-state index in [0.29, 0.717) is 36.5 Å². The summed E-state index contributed by atoms with van der Waals surface area (Å²) in [4.78, 5) is 4.33. The fraction of sp³-hybridized carbons (Fsp3) is 0.250. The molecule has 112 valence electrons. The van der Waals surface area contributed by atoms with Crippen LogP contribution in [0.5, 0.6) is 11.5 Å². The lowest BCUT2D eigenvalue weighted by Gasteiger charge is -2.21. The molecule has 0 atom stereocenters. The van der Waals surface area contributed by atoms with Crippen molar-refractivity contribution in [3.05, 3.63) is 35.0 Å². The van der Waals surface area contributed by atoms with E-state index in [4.69, 9.17) is 15.2 Å². The first-order valence-electron chi connectivity index (χ1n) is 6.82. The van der Waals surface area contributed by atoms with Crippen molar-refractivity contribution in [1.82, 2.24) is 4.98 Å². The molecule has 0 unspecified atom stereocenters. The molecule has 0 saturated heterocycles. The summed E-state index contributed by atoms with van der Waals surface area (Å²) in [5.74, 6) is 0.587. The largest absolute Gasteiger partial charge is 0.504 e. The highest BCUT2D eigenvalue weighted by atomic mass is 16.5. The number of hydrogen-bond donors (Lipinski definition) is 2. The molecule has 0 spiro atoms. The summed E-state index contributed by atoms with van der Waals surface area (Å²) in [5, 5.41) is 19.2. The maximum Gasteiger partial charge on any atom is 0.161 e. The third-order valence-electron chi connectivity index (χ3n) is 3.72. The predicted molar refractivity (Wildman–Crippen MR) is 80.4 cm³/mol. The highest BCUT2D eigenvalue weighted by Gasteiger charge is 2.23. The number of methoxy groups -OCH3 is 1. The fourth-order valence-electron chi connectivity index (χ4n) is 2.66. The molecule has 6 heteroatoms. The highest BCUT2D eigenvalue weighted by molar-refractivity contribution is 5.80. The van der Waals surface area contributed by atoms with Gasteiger partial charge in [0.2, 0.25) is 0 Å². The second-order valence-corrected chi connectivity index (χ2v) is 4.97. The fourth-order valence-corrected chi connectivity index (χ4v) is 2.66. The molecule has 22 heavy (non-hydrogen) atoms. The van der Waals surface area contributed by atoms with Crippen molar-refractivity contribution in [3.8, 4) is 28.7 Å². The minimum atomic E-state index is 0.0388. The van der Waals surface area contributed by atoms with Gasteiger partial charge >= 0.3 is 0 Å². The normalized spacial score (nSPS) is 13.3. The van der Waals surface area contributed by atoms with E-state index in [1.54, 1.807) is 12.1 Å². The second-order valence-electron chi connectivity index (χ2n) is 4.97. The Morgan fingerprint density at radius 3 is 3.00 bits per heavy atom. The van der Waals surface area contributed by atoms with Crippen molar-refractivity contribution in [2.75, 3.05) is 19.5 Å². The van der Waals surface area contributed by atoms with Gasteiger partial charge in [-0.15, -0.1) is 0 Å². The SMILES string of the molecule is COc1cc(-c2c(C#N)c(N)nc3c2COCC3)ccc1O. The molecule has 0 aliphatic carbocycles. The molecule has 0 saturated carbocycles. The number of nitriles is 1. The zero-order valence-electron chi connectivity index (χ0n) is 12.1. The van der Waals surface area contributed by atoms with E-state index in [1.807, 2.05) is 0 Å². The van der Waals surface area contributed by atoms with Crippen LogP contribution in [0.25, 0.3) is 11.1 Å². The van der Waals surface area contributed by atoms with Crippen molar-refractivity contribution < 1.29 is 14.6 Å². The molecule has 0 amide bonds. The smallest absolute Gasteiger partial charge is 0.161 e. The Labute approximate surface area is 127 Å². The number of aromatic nitrogens is 1. The number of phenols is 1. The minimum absolute atomic E-state index is 0.0388. The monoisotopic (exact) mass is 297 g/mol. The van der Waals surface area contributed by atoms with Crippen LogP contribution in [0.1, 0.15) is 16.8 Å². The Balaban J connectivity index is 2.29. The lowest BCUT2D eigenvalue weighted by Crippen LogP contribution is -2.16. The first kappa shape index (κ1) is 14.2. The van der Waals surface area contributed by atoms with Crippen LogP contribution in [0.15, 0.2) is 18.2 Å². The number of pyridine rings is 1. The van der Waals surface area contributed by atoms with E-state index in [0.717, 1.165) is 16.8 Å². The molecule has 3 rings (SSSR count). The topological polar surface area (TPSA) is 101 Å². The van der Waals surface area contributed by atoms with Crippen LogP contribution in [0.4, 0.5) is 5.82 Å². The van der Waals surface area contributed by atoms with Crippen molar-refractivity contribution in [3.63, 3.8) is 0 Å². The van der Waals surface area contributed by atoms with Gasteiger partial charge in [-0.2, -0.15) is 5.26 Å². The van der Waals surface area contributed by atoms with Crippen LogP contribution in [0.2, 0.25) is 0 Å². The Morgan fingerprint density at radius 1 is 1.45 bits per heavy atom. The van der Waals surface area contributed by atoms with Gasteiger partial charge in [0.05, 0.1) is 26.0 Å². The summed E-state index contributed by atoms with van der Waals surface area (Å²) in [6, 6.07) is 7.05. The Kier molecular flexibility index (Phi) is 3.57. The quantitative estimate of drug-likeness (QED) is 0.879. The molecule has 1 aliphatic rings. The summed E-state index contributed by atoms with van der Waals surface area (Å²) < 4.78 is 10.7. The second kappa shape index (κ2) is 5.54.